The van der Waals surface area contributed by atoms with Crippen LogP contribution in [0.1, 0.15) is 76.2 Å². The molecule has 0 radical (unpaired) electrons. The summed E-state index contributed by atoms with van der Waals surface area (Å²) in [5, 5.41) is 19.9. The van der Waals surface area contributed by atoms with Crippen LogP contribution < -0.4 is 10.2 Å². The van der Waals surface area contributed by atoms with E-state index in [4.69, 9.17) is 28.0 Å². The van der Waals surface area contributed by atoms with Crippen molar-refractivity contribution in [2.75, 3.05) is 13.2 Å². The van der Waals surface area contributed by atoms with Gasteiger partial charge >= 0.3 is 0 Å². The third kappa shape index (κ3) is 6.73. The standard InChI is InChI=1S/C32H35Cl2N3O5S/c33-22-12-13-25(26(34)15-22)30-29(31(40)35-42-18-19-6-5-7-20(14-19)21(16-38)17-39)23-8-1-2-9-24(23)32(41)37(30)28-11-4-3-10-27(28)36-43/h1-2,5-9,12-15,21,27-30,36,38-39,43H,3-4,10-11,16-18H2,(H,35,40)/t27-,28?,29+,30-/m0/s1. The van der Waals surface area contributed by atoms with E-state index in [1.54, 1.807) is 36.4 Å². The van der Waals surface area contributed by atoms with E-state index in [0.717, 1.165) is 36.8 Å². The van der Waals surface area contributed by atoms with Crippen LogP contribution in [0.2, 0.25) is 10.0 Å². The van der Waals surface area contributed by atoms with Gasteiger partial charge < -0.3 is 15.1 Å². The number of fused-ring (bicyclic) bond motifs is 1. The molecule has 2 amide bonds. The van der Waals surface area contributed by atoms with Crippen LogP contribution in [-0.4, -0.2) is 52.2 Å². The summed E-state index contributed by atoms with van der Waals surface area (Å²) in [6.45, 7) is -0.318. The largest absolute Gasteiger partial charge is 0.396 e. The van der Waals surface area contributed by atoms with Gasteiger partial charge in [0.1, 0.15) is 0 Å². The monoisotopic (exact) mass is 643 g/mol. The molecule has 2 aliphatic rings. The number of carbonyl (C=O) groups excluding carboxylic acids is 2. The van der Waals surface area contributed by atoms with Gasteiger partial charge in [-0.3, -0.25) is 19.1 Å². The molecule has 3 aromatic rings. The smallest absolute Gasteiger partial charge is 0.255 e. The summed E-state index contributed by atoms with van der Waals surface area (Å²) in [6.07, 6.45) is 3.54. The van der Waals surface area contributed by atoms with Crippen LogP contribution >= 0.6 is 36.0 Å². The number of carbonyl (C=O) groups is 2. The number of aliphatic hydroxyl groups is 2. The highest BCUT2D eigenvalue weighted by atomic mass is 35.5. The second-order valence-electron chi connectivity index (χ2n) is 11.0. The van der Waals surface area contributed by atoms with Crippen molar-refractivity contribution in [3.8, 4) is 0 Å². The van der Waals surface area contributed by atoms with Crippen molar-refractivity contribution in [2.45, 2.75) is 62.3 Å². The lowest BCUT2D eigenvalue weighted by atomic mass is 9.76. The number of thiol groups is 1. The van der Waals surface area contributed by atoms with E-state index in [0.29, 0.717) is 26.7 Å². The molecule has 0 bridgehead atoms. The lowest BCUT2D eigenvalue weighted by Crippen LogP contribution is -2.57. The molecule has 3 aromatic carbocycles. The molecular formula is C32H35Cl2N3O5S. The van der Waals surface area contributed by atoms with Gasteiger partial charge in [-0.15, -0.1) is 0 Å². The summed E-state index contributed by atoms with van der Waals surface area (Å²) in [7, 11) is 0. The molecule has 11 heteroatoms. The fourth-order valence-electron chi connectivity index (χ4n) is 6.33. The summed E-state index contributed by atoms with van der Waals surface area (Å²) in [6, 6.07) is 18.5. The van der Waals surface area contributed by atoms with Gasteiger partial charge in [-0.1, -0.05) is 97.4 Å². The van der Waals surface area contributed by atoms with Gasteiger partial charge in [-0.25, -0.2) is 5.48 Å². The maximum atomic E-state index is 14.2. The number of halogens is 2. The predicted molar refractivity (Wildman–Crippen MR) is 169 cm³/mol. The van der Waals surface area contributed by atoms with Gasteiger partial charge in [0, 0.05) is 33.6 Å². The minimum absolute atomic E-state index is 0.0564. The van der Waals surface area contributed by atoms with Crippen LogP contribution in [0.5, 0.6) is 0 Å². The number of hydrogen-bond acceptors (Lipinski definition) is 7. The molecule has 5 rings (SSSR count). The molecule has 4 N–H and O–H groups in total. The van der Waals surface area contributed by atoms with Gasteiger partial charge in [0.2, 0.25) is 0 Å². The Hall–Kier alpha value is -2.63. The number of nitrogens with zero attached hydrogens (tertiary/aromatic N) is 1. The summed E-state index contributed by atoms with van der Waals surface area (Å²) in [5.74, 6) is -1.84. The molecule has 1 heterocycles. The third-order valence-electron chi connectivity index (χ3n) is 8.47. The summed E-state index contributed by atoms with van der Waals surface area (Å²) >= 11 is 17.4. The first-order valence-electron chi connectivity index (χ1n) is 14.4. The van der Waals surface area contributed by atoms with E-state index in [2.05, 4.69) is 23.0 Å². The number of amides is 2. The average Bonchev–Trinajstić information content (AvgIpc) is 3.02. The number of benzene rings is 3. The Kier molecular flexibility index (Phi) is 10.7. The fraction of sp³-hybridized carbons (Fsp3) is 0.375. The normalized spacial score (nSPS) is 22.0. The molecule has 4 atom stereocenters. The van der Waals surface area contributed by atoms with Crippen LogP contribution in [0, 0.1) is 0 Å². The zero-order valence-electron chi connectivity index (χ0n) is 23.5. The molecule has 1 fully saturated rings. The molecule has 0 aromatic heterocycles. The lowest BCUT2D eigenvalue weighted by Gasteiger charge is -2.49. The second-order valence-corrected chi connectivity index (χ2v) is 12.1. The van der Waals surface area contributed by atoms with E-state index in [-0.39, 0.29) is 37.8 Å². The van der Waals surface area contributed by atoms with Crippen LogP contribution in [-0.2, 0) is 16.2 Å². The Morgan fingerprint density at radius 2 is 1.77 bits per heavy atom. The minimum atomic E-state index is -0.838. The number of rotatable bonds is 10. The first-order chi connectivity index (χ1) is 20.9. The van der Waals surface area contributed by atoms with Crippen LogP contribution in [0.3, 0.4) is 0 Å². The summed E-state index contributed by atoms with van der Waals surface area (Å²) in [4.78, 5) is 35.9. The fourth-order valence-corrected chi connectivity index (χ4v) is 7.15. The van der Waals surface area contributed by atoms with E-state index in [9.17, 15) is 19.8 Å². The number of hydrogen-bond donors (Lipinski definition) is 5. The number of hydroxylamine groups is 1. The van der Waals surface area contributed by atoms with Crippen LogP contribution in [0.25, 0.3) is 0 Å². The highest BCUT2D eigenvalue weighted by Crippen LogP contribution is 2.47. The lowest BCUT2D eigenvalue weighted by molar-refractivity contribution is -0.138. The topological polar surface area (TPSA) is 111 Å². The zero-order valence-corrected chi connectivity index (χ0v) is 25.9. The van der Waals surface area contributed by atoms with Gasteiger partial charge in [-0.05, 0) is 53.3 Å². The van der Waals surface area contributed by atoms with Gasteiger partial charge in [0.05, 0.1) is 31.8 Å². The Morgan fingerprint density at radius 3 is 2.51 bits per heavy atom. The average molecular weight is 645 g/mol. The molecule has 228 valence electrons. The maximum Gasteiger partial charge on any atom is 0.255 e. The third-order valence-corrected chi connectivity index (χ3v) is 9.36. The second kappa shape index (κ2) is 14.4. The van der Waals surface area contributed by atoms with E-state index in [1.165, 1.54) is 0 Å². The maximum absolute atomic E-state index is 14.2. The first kappa shape index (κ1) is 31.8. The SMILES string of the molecule is O=C(NOCc1cccc(C(CO)CO)c1)[C@@H]1c2ccccc2C(=O)N(C2CCCC[C@@H]2NS)[C@H]1c1ccc(Cl)cc1Cl. The number of aliphatic hydroxyl groups excluding tert-OH is 2. The molecule has 8 nitrogen and oxygen atoms in total. The molecule has 0 saturated heterocycles. The molecule has 1 aliphatic heterocycles. The number of nitrogens with one attached hydrogen (secondary N) is 2. The van der Waals surface area contributed by atoms with Crippen molar-refractivity contribution in [1.82, 2.24) is 15.1 Å². The van der Waals surface area contributed by atoms with Crippen LogP contribution in [0.15, 0.2) is 66.7 Å². The van der Waals surface area contributed by atoms with E-state index >= 15 is 0 Å². The first-order valence-corrected chi connectivity index (χ1v) is 15.6. The van der Waals surface area contributed by atoms with Crippen molar-refractivity contribution in [2.24, 2.45) is 0 Å². The zero-order chi connectivity index (χ0) is 30.5. The predicted octanol–water partition coefficient (Wildman–Crippen LogP) is 5.34. The van der Waals surface area contributed by atoms with Crippen LogP contribution in [0.4, 0.5) is 0 Å². The van der Waals surface area contributed by atoms with E-state index < -0.39 is 23.8 Å². The minimum Gasteiger partial charge on any atom is -0.396 e. The summed E-state index contributed by atoms with van der Waals surface area (Å²) < 4.78 is 3.10. The van der Waals surface area contributed by atoms with Gasteiger partial charge in [0.25, 0.3) is 11.8 Å². The molecule has 0 spiro atoms. The Balaban J connectivity index is 1.51. The molecular weight excluding hydrogens is 609 g/mol. The molecule has 43 heavy (non-hydrogen) atoms. The van der Waals surface area contributed by atoms with Gasteiger partial charge in [-0.2, -0.15) is 0 Å². The van der Waals surface area contributed by atoms with Crippen molar-refractivity contribution < 1.29 is 24.6 Å². The molecule has 1 unspecified atom stereocenters. The highest BCUT2D eigenvalue weighted by molar-refractivity contribution is 7.78. The van der Waals surface area contributed by atoms with Crippen molar-refractivity contribution in [1.29, 1.82) is 0 Å². The van der Waals surface area contributed by atoms with Gasteiger partial charge in [0.15, 0.2) is 0 Å². The Bertz CT molecular complexity index is 1460. The quantitative estimate of drug-likeness (QED) is 0.151. The van der Waals surface area contributed by atoms with Crippen molar-refractivity contribution >= 4 is 47.8 Å². The highest BCUT2D eigenvalue weighted by Gasteiger charge is 2.49. The molecule has 1 saturated carbocycles. The Morgan fingerprint density at radius 1 is 1.00 bits per heavy atom. The Labute approximate surface area is 266 Å². The van der Waals surface area contributed by atoms with E-state index in [1.807, 2.05) is 35.2 Å². The molecule has 1 aliphatic carbocycles. The summed E-state index contributed by atoms with van der Waals surface area (Å²) in [5.41, 5.74) is 5.82. The van der Waals surface area contributed by atoms with Crippen molar-refractivity contribution in [3.05, 3.63) is 105 Å². The van der Waals surface area contributed by atoms with Crippen molar-refractivity contribution in [3.63, 3.8) is 0 Å².